The van der Waals surface area contributed by atoms with Gasteiger partial charge in [-0.15, -0.1) is 0 Å². The van der Waals surface area contributed by atoms with Gasteiger partial charge in [-0.25, -0.2) is 0 Å². The molecule has 0 saturated carbocycles. The molecule has 0 aliphatic rings. The van der Waals surface area contributed by atoms with Crippen molar-refractivity contribution in [2.75, 3.05) is 13.6 Å². The number of phenolic OH excluding ortho intramolecular Hbond substituents is 2. The average Bonchev–Trinajstić information content (AvgIpc) is 2.09. The van der Waals surface area contributed by atoms with Gasteiger partial charge in [-0.1, -0.05) is 0 Å². The zero-order valence-electron chi connectivity index (χ0n) is 7.96. The van der Waals surface area contributed by atoms with E-state index in [2.05, 4.69) is 5.32 Å². The Hall–Kier alpha value is -1.22. The van der Waals surface area contributed by atoms with Gasteiger partial charge in [0.1, 0.15) is 11.5 Å². The molecule has 0 aliphatic carbocycles. The smallest absolute Gasteiger partial charge is 0.119 e. The van der Waals surface area contributed by atoms with Crippen LogP contribution in [-0.4, -0.2) is 23.8 Å². The molecule has 0 saturated heterocycles. The van der Waals surface area contributed by atoms with Gasteiger partial charge in [0.2, 0.25) is 0 Å². The van der Waals surface area contributed by atoms with Gasteiger partial charge in [-0.05, 0) is 50.2 Å². The molecule has 3 heteroatoms. The molecular weight excluding hydrogens is 166 g/mol. The predicted molar refractivity (Wildman–Crippen MR) is 52.1 cm³/mol. The number of likely N-dealkylation sites (N-methyl/N-ethyl adjacent to an activating group) is 1. The molecule has 0 unspecified atom stereocenters. The van der Waals surface area contributed by atoms with Crippen LogP contribution in [0, 0.1) is 6.92 Å². The van der Waals surface area contributed by atoms with Crippen molar-refractivity contribution in [2.24, 2.45) is 0 Å². The number of rotatable bonds is 3. The van der Waals surface area contributed by atoms with Crippen molar-refractivity contribution < 1.29 is 10.2 Å². The standard InChI is InChI=1S/C10H15NO2/c1-7-5-10(13)8(3-4-11-2)6-9(7)12/h5-6,11-13H,3-4H2,1-2H3. The topological polar surface area (TPSA) is 52.5 Å². The van der Waals surface area contributed by atoms with Gasteiger partial charge in [0.25, 0.3) is 0 Å². The number of benzene rings is 1. The second kappa shape index (κ2) is 4.14. The SMILES string of the molecule is CNCCc1cc(O)c(C)cc1O. The molecule has 3 N–H and O–H groups in total. The first-order valence-electron chi connectivity index (χ1n) is 4.31. The van der Waals surface area contributed by atoms with E-state index < -0.39 is 0 Å². The molecule has 0 fully saturated rings. The van der Waals surface area contributed by atoms with E-state index in [1.165, 1.54) is 0 Å². The molecule has 0 amide bonds. The van der Waals surface area contributed by atoms with Crippen LogP contribution in [-0.2, 0) is 6.42 Å². The maximum Gasteiger partial charge on any atom is 0.119 e. The summed E-state index contributed by atoms with van der Waals surface area (Å²) in [5, 5.41) is 21.9. The first-order chi connectivity index (χ1) is 6.15. The normalized spacial score (nSPS) is 10.3. The van der Waals surface area contributed by atoms with E-state index in [4.69, 9.17) is 0 Å². The molecule has 0 heterocycles. The van der Waals surface area contributed by atoms with Crippen molar-refractivity contribution in [1.82, 2.24) is 5.32 Å². The van der Waals surface area contributed by atoms with Gasteiger partial charge in [0, 0.05) is 0 Å². The fourth-order valence-corrected chi connectivity index (χ4v) is 1.18. The lowest BCUT2D eigenvalue weighted by atomic mass is 10.1. The van der Waals surface area contributed by atoms with E-state index in [0.29, 0.717) is 5.56 Å². The molecule has 0 radical (unpaired) electrons. The molecule has 3 nitrogen and oxygen atoms in total. The fraction of sp³-hybridized carbons (Fsp3) is 0.400. The molecule has 0 atom stereocenters. The van der Waals surface area contributed by atoms with Gasteiger partial charge >= 0.3 is 0 Å². The molecule has 13 heavy (non-hydrogen) atoms. The Balaban J connectivity index is 2.88. The van der Waals surface area contributed by atoms with Crippen LogP contribution in [0.4, 0.5) is 0 Å². The number of aromatic hydroxyl groups is 2. The lowest BCUT2D eigenvalue weighted by molar-refractivity contribution is 0.450. The van der Waals surface area contributed by atoms with E-state index in [1.54, 1.807) is 19.1 Å². The van der Waals surface area contributed by atoms with Crippen molar-refractivity contribution in [3.8, 4) is 11.5 Å². The van der Waals surface area contributed by atoms with Crippen LogP contribution in [0.1, 0.15) is 11.1 Å². The third kappa shape index (κ3) is 2.36. The molecule has 0 aliphatic heterocycles. The van der Waals surface area contributed by atoms with Crippen LogP contribution < -0.4 is 5.32 Å². The Labute approximate surface area is 78.0 Å². The molecule has 0 spiro atoms. The maximum atomic E-state index is 9.50. The van der Waals surface area contributed by atoms with Gasteiger partial charge in [-0.2, -0.15) is 0 Å². The number of hydrogen-bond acceptors (Lipinski definition) is 3. The van der Waals surface area contributed by atoms with Crippen LogP contribution in [0.5, 0.6) is 11.5 Å². The van der Waals surface area contributed by atoms with Crippen molar-refractivity contribution in [3.05, 3.63) is 23.3 Å². The summed E-state index contributed by atoms with van der Waals surface area (Å²) < 4.78 is 0. The Morgan fingerprint density at radius 2 is 1.92 bits per heavy atom. The highest BCUT2D eigenvalue weighted by atomic mass is 16.3. The van der Waals surface area contributed by atoms with Crippen LogP contribution in [0.2, 0.25) is 0 Å². The Morgan fingerprint density at radius 3 is 2.54 bits per heavy atom. The van der Waals surface area contributed by atoms with E-state index in [0.717, 1.165) is 18.5 Å². The monoisotopic (exact) mass is 181 g/mol. The zero-order valence-corrected chi connectivity index (χ0v) is 7.96. The summed E-state index contributed by atoms with van der Waals surface area (Å²) >= 11 is 0. The molecule has 0 aromatic heterocycles. The molecule has 1 aromatic carbocycles. The molecule has 1 rings (SSSR count). The summed E-state index contributed by atoms with van der Waals surface area (Å²) in [6.45, 7) is 2.55. The summed E-state index contributed by atoms with van der Waals surface area (Å²) in [4.78, 5) is 0. The summed E-state index contributed by atoms with van der Waals surface area (Å²) in [5.74, 6) is 0.495. The highest BCUT2D eigenvalue weighted by molar-refractivity contribution is 5.44. The number of nitrogens with one attached hydrogen (secondary N) is 1. The second-order valence-corrected chi connectivity index (χ2v) is 3.12. The minimum atomic E-state index is 0.240. The second-order valence-electron chi connectivity index (χ2n) is 3.12. The maximum absolute atomic E-state index is 9.50. The number of aryl methyl sites for hydroxylation is 1. The lowest BCUT2D eigenvalue weighted by Gasteiger charge is -2.06. The van der Waals surface area contributed by atoms with Crippen LogP contribution in [0.15, 0.2) is 12.1 Å². The summed E-state index contributed by atoms with van der Waals surface area (Å²) in [5.41, 5.74) is 1.48. The Morgan fingerprint density at radius 1 is 1.23 bits per heavy atom. The molecule has 0 bridgehead atoms. The van der Waals surface area contributed by atoms with Crippen LogP contribution in [0.3, 0.4) is 0 Å². The van der Waals surface area contributed by atoms with Gasteiger partial charge in [-0.3, -0.25) is 0 Å². The summed E-state index contributed by atoms with van der Waals surface area (Å²) in [7, 11) is 1.85. The molecule has 1 aromatic rings. The van der Waals surface area contributed by atoms with Crippen molar-refractivity contribution >= 4 is 0 Å². The van der Waals surface area contributed by atoms with E-state index >= 15 is 0 Å². The van der Waals surface area contributed by atoms with Crippen molar-refractivity contribution in [2.45, 2.75) is 13.3 Å². The quantitative estimate of drug-likeness (QED) is 0.613. The van der Waals surface area contributed by atoms with Gasteiger partial charge in [0.15, 0.2) is 0 Å². The Kier molecular flexibility index (Phi) is 3.14. The highest BCUT2D eigenvalue weighted by Crippen LogP contribution is 2.26. The number of hydrogen-bond donors (Lipinski definition) is 3. The minimum absolute atomic E-state index is 0.240. The fourth-order valence-electron chi connectivity index (χ4n) is 1.18. The van der Waals surface area contributed by atoms with E-state index in [1.807, 2.05) is 7.05 Å². The summed E-state index contributed by atoms with van der Waals surface area (Å²) in [6, 6.07) is 3.20. The first kappa shape index (κ1) is 9.86. The predicted octanol–water partition coefficient (Wildman–Crippen LogP) is 1.17. The van der Waals surface area contributed by atoms with Crippen molar-refractivity contribution in [3.63, 3.8) is 0 Å². The number of phenols is 2. The van der Waals surface area contributed by atoms with E-state index in [-0.39, 0.29) is 11.5 Å². The minimum Gasteiger partial charge on any atom is -0.508 e. The average molecular weight is 181 g/mol. The van der Waals surface area contributed by atoms with E-state index in [9.17, 15) is 10.2 Å². The largest absolute Gasteiger partial charge is 0.508 e. The lowest BCUT2D eigenvalue weighted by Crippen LogP contribution is -2.10. The first-order valence-corrected chi connectivity index (χ1v) is 4.31. The third-order valence-corrected chi connectivity index (χ3v) is 2.04. The highest BCUT2D eigenvalue weighted by Gasteiger charge is 2.04. The van der Waals surface area contributed by atoms with Crippen LogP contribution in [0.25, 0.3) is 0 Å². The van der Waals surface area contributed by atoms with Gasteiger partial charge < -0.3 is 15.5 Å². The van der Waals surface area contributed by atoms with Crippen molar-refractivity contribution in [1.29, 1.82) is 0 Å². The Bertz CT molecular complexity index is 297. The van der Waals surface area contributed by atoms with Crippen LogP contribution >= 0.6 is 0 Å². The van der Waals surface area contributed by atoms with Gasteiger partial charge in [0.05, 0.1) is 0 Å². The molecular formula is C10H15NO2. The molecule has 72 valence electrons. The third-order valence-electron chi connectivity index (χ3n) is 2.04. The summed E-state index contributed by atoms with van der Waals surface area (Å²) in [6.07, 6.45) is 0.718. The zero-order chi connectivity index (χ0) is 9.84.